The summed E-state index contributed by atoms with van der Waals surface area (Å²) in [5.74, 6) is -0.280. The predicted molar refractivity (Wildman–Crippen MR) is 123 cm³/mol. The van der Waals surface area contributed by atoms with Crippen LogP contribution in [0.3, 0.4) is 0 Å². The minimum absolute atomic E-state index is 0.107. The van der Waals surface area contributed by atoms with Crippen molar-refractivity contribution in [2.24, 2.45) is 4.99 Å². The number of rotatable bonds is 7. The van der Waals surface area contributed by atoms with Gasteiger partial charge in [-0.25, -0.2) is 4.98 Å². The molecular formula is C21H17Cl2N3O2S2. The van der Waals surface area contributed by atoms with Crippen molar-refractivity contribution in [2.75, 3.05) is 12.4 Å². The first-order valence-electron chi connectivity index (χ1n) is 9.12. The van der Waals surface area contributed by atoms with Crippen molar-refractivity contribution < 1.29 is 9.47 Å². The first-order chi connectivity index (χ1) is 14.6. The van der Waals surface area contributed by atoms with E-state index >= 15 is 0 Å². The summed E-state index contributed by atoms with van der Waals surface area (Å²) in [6.45, 7) is 0.883. The quantitative estimate of drug-likeness (QED) is 0.237. The number of aliphatic imine (C=N–C) groups is 1. The highest BCUT2D eigenvalue weighted by Gasteiger charge is 2.45. The van der Waals surface area contributed by atoms with E-state index in [1.807, 2.05) is 41.1 Å². The highest BCUT2D eigenvalue weighted by molar-refractivity contribution is 7.99. The van der Waals surface area contributed by atoms with Gasteiger partial charge in [-0.05, 0) is 48.6 Å². The van der Waals surface area contributed by atoms with Gasteiger partial charge in [-0.3, -0.25) is 0 Å². The lowest BCUT2D eigenvalue weighted by atomic mass is 10.1. The normalized spacial score (nSPS) is 20.8. The van der Waals surface area contributed by atoms with Crippen molar-refractivity contribution in [3.63, 3.8) is 0 Å². The molecule has 1 saturated heterocycles. The Morgan fingerprint density at radius 2 is 2.10 bits per heavy atom. The number of isothiocyanates is 1. The molecule has 0 radical (unpaired) electrons. The highest BCUT2D eigenvalue weighted by atomic mass is 35.5. The third kappa shape index (κ3) is 4.95. The Labute approximate surface area is 194 Å². The van der Waals surface area contributed by atoms with Crippen LogP contribution in [-0.4, -0.2) is 33.2 Å². The van der Waals surface area contributed by atoms with Gasteiger partial charge in [-0.15, -0.1) is 11.8 Å². The van der Waals surface area contributed by atoms with Crippen LogP contribution in [0.1, 0.15) is 5.56 Å². The minimum atomic E-state index is -1.01. The second-order valence-corrected chi connectivity index (χ2v) is 8.79. The molecule has 0 N–H and O–H groups in total. The van der Waals surface area contributed by atoms with E-state index in [1.165, 1.54) is 0 Å². The van der Waals surface area contributed by atoms with Gasteiger partial charge in [0.25, 0.3) is 0 Å². The van der Waals surface area contributed by atoms with Crippen molar-refractivity contribution >= 4 is 58.0 Å². The van der Waals surface area contributed by atoms with Crippen molar-refractivity contribution in [2.45, 2.75) is 23.3 Å². The zero-order valence-corrected chi connectivity index (χ0v) is 18.8. The van der Waals surface area contributed by atoms with E-state index in [0.717, 1.165) is 21.9 Å². The molecule has 9 heteroatoms. The molecule has 1 aliphatic heterocycles. The summed E-state index contributed by atoms with van der Waals surface area (Å²) in [5, 5.41) is 3.44. The Balaban J connectivity index is 1.50. The SMILES string of the molecule is S=C=Nc1ccc(SCC2COC(Cn3ccnc3)(c3ccc(Cl)cc3Cl)O2)cc1. The number of benzene rings is 2. The average molecular weight is 478 g/mol. The Hall–Kier alpha value is -1.70. The molecule has 0 saturated carbocycles. The summed E-state index contributed by atoms with van der Waals surface area (Å²) < 4.78 is 14.6. The van der Waals surface area contributed by atoms with E-state index in [-0.39, 0.29) is 6.10 Å². The number of ether oxygens (including phenoxy) is 2. The zero-order chi connectivity index (χ0) is 21.0. The fraction of sp³-hybridized carbons (Fsp3) is 0.238. The smallest absolute Gasteiger partial charge is 0.215 e. The summed E-state index contributed by atoms with van der Waals surface area (Å²) in [6, 6.07) is 13.2. The van der Waals surface area contributed by atoms with Gasteiger partial charge in [0, 0.05) is 33.6 Å². The van der Waals surface area contributed by atoms with Gasteiger partial charge in [0.2, 0.25) is 5.79 Å². The molecule has 3 aromatic rings. The molecule has 0 bridgehead atoms. The Bertz CT molecular complexity index is 1060. The molecule has 2 atom stereocenters. The Kier molecular flexibility index (Phi) is 6.91. The molecule has 1 aliphatic rings. The lowest BCUT2D eigenvalue weighted by Gasteiger charge is -2.30. The fourth-order valence-corrected chi connectivity index (χ4v) is 4.76. The number of nitrogens with zero attached hydrogens (tertiary/aromatic N) is 3. The Morgan fingerprint density at radius 3 is 2.80 bits per heavy atom. The summed E-state index contributed by atoms with van der Waals surface area (Å²) in [5.41, 5.74) is 1.53. The molecule has 5 nitrogen and oxygen atoms in total. The summed E-state index contributed by atoms with van der Waals surface area (Å²) in [4.78, 5) is 9.19. The third-order valence-corrected chi connectivity index (χ3v) is 6.38. The van der Waals surface area contributed by atoms with Crippen LogP contribution in [0.2, 0.25) is 10.0 Å². The van der Waals surface area contributed by atoms with Gasteiger partial charge in [-0.2, -0.15) is 4.99 Å². The molecule has 0 amide bonds. The molecule has 2 unspecified atom stereocenters. The van der Waals surface area contributed by atoms with Gasteiger partial charge in [-0.1, -0.05) is 29.3 Å². The van der Waals surface area contributed by atoms with Crippen LogP contribution in [0, 0.1) is 0 Å². The molecule has 30 heavy (non-hydrogen) atoms. The van der Waals surface area contributed by atoms with Crippen LogP contribution in [-0.2, 0) is 21.8 Å². The topological polar surface area (TPSA) is 48.6 Å². The number of halogens is 2. The Morgan fingerprint density at radius 1 is 1.27 bits per heavy atom. The average Bonchev–Trinajstić information content (AvgIpc) is 3.38. The number of thioether (sulfide) groups is 1. The van der Waals surface area contributed by atoms with Crippen molar-refractivity contribution in [3.8, 4) is 0 Å². The van der Waals surface area contributed by atoms with Gasteiger partial charge in [0.15, 0.2) is 0 Å². The number of aromatic nitrogens is 2. The lowest BCUT2D eigenvalue weighted by molar-refractivity contribution is -0.184. The molecule has 2 aromatic carbocycles. The highest BCUT2D eigenvalue weighted by Crippen LogP contribution is 2.41. The maximum absolute atomic E-state index is 6.50. The molecule has 1 fully saturated rings. The molecule has 2 heterocycles. The maximum atomic E-state index is 6.50. The molecule has 154 valence electrons. The molecule has 0 aliphatic carbocycles. The standard InChI is InChI=1S/C21H17Cl2N3O2S2/c22-15-1-6-19(20(23)9-15)21(12-26-8-7-24-13-26)27-10-17(28-21)11-30-18-4-2-16(3-5-18)25-14-29/h1-9,13,17H,10-12H2. The molecule has 4 rings (SSSR count). The number of hydrogen-bond donors (Lipinski definition) is 0. The van der Waals surface area contributed by atoms with E-state index in [2.05, 4.69) is 27.4 Å². The first-order valence-corrected chi connectivity index (χ1v) is 11.3. The summed E-state index contributed by atoms with van der Waals surface area (Å²) >= 11 is 18.9. The van der Waals surface area contributed by atoms with Crippen LogP contribution in [0.5, 0.6) is 0 Å². The fourth-order valence-electron chi connectivity index (χ4n) is 3.23. The van der Waals surface area contributed by atoms with Crippen LogP contribution in [0.25, 0.3) is 0 Å². The van der Waals surface area contributed by atoms with Gasteiger partial charge in [0.05, 0.1) is 41.5 Å². The predicted octanol–water partition coefficient (Wildman–Crippen LogP) is 5.98. The number of hydrogen-bond acceptors (Lipinski definition) is 6. The van der Waals surface area contributed by atoms with Gasteiger partial charge >= 0.3 is 0 Å². The molecule has 0 spiro atoms. The maximum Gasteiger partial charge on any atom is 0.215 e. The van der Waals surface area contributed by atoms with E-state index < -0.39 is 5.79 Å². The lowest BCUT2D eigenvalue weighted by Crippen LogP contribution is -2.34. The molecular weight excluding hydrogens is 461 g/mol. The second-order valence-electron chi connectivity index (χ2n) is 6.67. The van der Waals surface area contributed by atoms with E-state index in [0.29, 0.717) is 23.2 Å². The third-order valence-electron chi connectivity index (χ3n) is 4.60. The van der Waals surface area contributed by atoms with E-state index in [9.17, 15) is 0 Å². The van der Waals surface area contributed by atoms with Crippen LogP contribution in [0.15, 0.2) is 71.1 Å². The van der Waals surface area contributed by atoms with Crippen LogP contribution >= 0.6 is 47.2 Å². The van der Waals surface area contributed by atoms with E-state index in [4.69, 9.17) is 32.7 Å². The van der Waals surface area contributed by atoms with Gasteiger partial charge in [0.1, 0.15) is 0 Å². The number of thiocarbonyl (C=S) groups is 1. The van der Waals surface area contributed by atoms with Crippen molar-refractivity contribution in [3.05, 3.63) is 76.8 Å². The summed E-state index contributed by atoms with van der Waals surface area (Å²) in [7, 11) is 0. The van der Waals surface area contributed by atoms with Crippen LogP contribution in [0.4, 0.5) is 5.69 Å². The second kappa shape index (κ2) is 9.62. The van der Waals surface area contributed by atoms with Crippen molar-refractivity contribution in [1.82, 2.24) is 9.55 Å². The van der Waals surface area contributed by atoms with Crippen molar-refractivity contribution in [1.29, 1.82) is 0 Å². The minimum Gasteiger partial charge on any atom is -0.342 e. The first kappa shape index (κ1) is 21.5. The molecule has 1 aromatic heterocycles. The van der Waals surface area contributed by atoms with E-state index in [1.54, 1.807) is 36.4 Å². The van der Waals surface area contributed by atoms with Crippen LogP contribution < -0.4 is 0 Å². The monoisotopic (exact) mass is 477 g/mol. The van der Waals surface area contributed by atoms with Gasteiger partial charge < -0.3 is 14.0 Å². The largest absolute Gasteiger partial charge is 0.342 e. The number of imidazole rings is 1. The zero-order valence-electron chi connectivity index (χ0n) is 15.7. The summed E-state index contributed by atoms with van der Waals surface area (Å²) in [6.07, 6.45) is 5.20.